The molecule has 0 saturated heterocycles. The first-order chi connectivity index (χ1) is 8.72. The van der Waals surface area contributed by atoms with Gasteiger partial charge in [0, 0.05) is 22.3 Å². The van der Waals surface area contributed by atoms with Crippen molar-refractivity contribution >= 4 is 11.6 Å². The third-order valence-corrected chi connectivity index (χ3v) is 3.44. The molecular formula is C14H16ClN3. The highest BCUT2D eigenvalue weighted by atomic mass is 35.5. The minimum absolute atomic E-state index is 0.703. The van der Waals surface area contributed by atoms with Gasteiger partial charge in [-0.3, -0.25) is 0 Å². The molecular weight excluding hydrogens is 246 g/mol. The van der Waals surface area contributed by atoms with Gasteiger partial charge in [-0.2, -0.15) is 0 Å². The highest BCUT2D eigenvalue weighted by molar-refractivity contribution is 6.30. The maximum absolute atomic E-state index is 5.90. The molecule has 1 heterocycles. The summed E-state index contributed by atoms with van der Waals surface area (Å²) < 4.78 is 0. The highest BCUT2D eigenvalue weighted by Gasteiger charge is 2.20. The van der Waals surface area contributed by atoms with E-state index < -0.39 is 0 Å². The lowest BCUT2D eigenvalue weighted by Gasteiger charge is -1.98. The maximum Gasteiger partial charge on any atom is 0.121 e. The lowest BCUT2D eigenvalue weighted by molar-refractivity contribution is 0.663. The summed E-state index contributed by atoms with van der Waals surface area (Å²) in [5.41, 5.74) is 3.22. The summed E-state index contributed by atoms with van der Waals surface area (Å²) >= 11 is 5.90. The Labute approximate surface area is 112 Å². The molecule has 0 atom stereocenters. The van der Waals surface area contributed by atoms with Crippen LogP contribution in [0.25, 0.3) is 11.3 Å². The number of aromatic amines is 1. The first-order valence-electron chi connectivity index (χ1n) is 6.27. The molecule has 2 aromatic rings. The molecule has 0 spiro atoms. The molecule has 1 aromatic carbocycles. The highest BCUT2D eigenvalue weighted by Crippen LogP contribution is 2.23. The molecule has 18 heavy (non-hydrogen) atoms. The van der Waals surface area contributed by atoms with Crippen molar-refractivity contribution in [2.45, 2.75) is 32.4 Å². The van der Waals surface area contributed by atoms with Crippen molar-refractivity contribution in [3.63, 3.8) is 0 Å². The van der Waals surface area contributed by atoms with Crippen molar-refractivity contribution in [3.8, 4) is 11.3 Å². The van der Waals surface area contributed by atoms with Gasteiger partial charge in [0.05, 0.1) is 12.2 Å². The molecule has 1 aromatic heterocycles. The summed E-state index contributed by atoms with van der Waals surface area (Å²) in [5.74, 6) is 1.00. The van der Waals surface area contributed by atoms with Crippen LogP contribution < -0.4 is 5.32 Å². The number of rotatable bonds is 4. The van der Waals surface area contributed by atoms with E-state index in [1.807, 2.05) is 24.3 Å². The fraction of sp³-hybridized carbons (Fsp3) is 0.357. The average molecular weight is 262 g/mol. The summed E-state index contributed by atoms with van der Waals surface area (Å²) in [7, 11) is 0. The SMILES string of the molecule is Cc1[nH]c(CNC2CC2)nc1-c1ccc(Cl)cc1. The van der Waals surface area contributed by atoms with Crippen LogP contribution in [0.5, 0.6) is 0 Å². The first-order valence-corrected chi connectivity index (χ1v) is 6.65. The monoisotopic (exact) mass is 261 g/mol. The number of nitrogens with one attached hydrogen (secondary N) is 2. The van der Waals surface area contributed by atoms with Crippen LogP contribution in [0.15, 0.2) is 24.3 Å². The molecule has 1 fully saturated rings. The van der Waals surface area contributed by atoms with Gasteiger partial charge >= 0.3 is 0 Å². The fourth-order valence-corrected chi connectivity index (χ4v) is 2.15. The zero-order valence-corrected chi connectivity index (χ0v) is 11.1. The number of nitrogens with zero attached hydrogens (tertiary/aromatic N) is 1. The molecule has 3 nitrogen and oxygen atoms in total. The standard InChI is InChI=1S/C14H16ClN3/c1-9-14(10-2-4-11(15)5-3-10)18-13(17-9)8-16-12-6-7-12/h2-5,12,16H,6-8H2,1H3,(H,17,18). The Morgan fingerprint density at radius 1 is 1.33 bits per heavy atom. The van der Waals surface area contributed by atoms with Gasteiger partial charge in [-0.1, -0.05) is 23.7 Å². The van der Waals surface area contributed by atoms with Gasteiger partial charge in [0.2, 0.25) is 0 Å². The Hall–Kier alpha value is -1.32. The molecule has 0 amide bonds. The van der Waals surface area contributed by atoms with Crippen molar-refractivity contribution in [3.05, 3.63) is 40.8 Å². The Morgan fingerprint density at radius 3 is 2.72 bits per heavy atom. The number of halogens is 1. The molecule has 3 rings (SSSR count). The largest absolute Gasteiger partial charge is 0.344 e. The molecule has 0 aliphatic heterocycles. The smallest absolute Gasteiger partial charge is 0.121 e. The van der Waals surface area contributed by atoms with E-state index in [2.05, 4.69) is 22.2 Å². The van der Waals surface area contributed by atoms with E-state index in [1.165, 1.54) is 12.8 Å². The topological polar surface area (TPSA) is 40.7 Å². The number of benzene rings is 1. The van der Waals surface area contributed by atoms with Crippen LogP contribution >= 0.6 is 11.6 Å². The zero-order valence-electron chi connectivity index (χ0n) is 10.3. The average Bonchev–Trinajstić information content (AvgIpc) is 3.12. The van der Waals surface area contributed by atoms with Gasteiger partial charge in [0.25, 0.3) is 0 Å². The second kappa shape index (κ2) is 4.75. The molecule has 94 valence electrons. The van der Waals surface area contributed by atoms with Crippen molar-refractivity contribution in [1.82, 2.24) is 15.3 Å². The van der Waals surface area contributed by atoms with E-state index in [0.717, 1.165) is 34.3 Å². The molecule has 2 N–H and O–H groups in total. The molecule has 0 unspecified atom stereocenters. The van der Waals surface area contributed by atoms with Gasteiger partial charge < -0.3 is 10.3 Å². The van der Waals surface area contributed by atoms with Crippen LogP contribution in [-0.4, -0.2) is 16.0 Å². The maximum atomic E-state index is 5.90. The van der Waals surface area contributed by atoms with E-state index in [1.54, 1.807) is 0 Å². The Balaban J connectivity index is 1.80. The molecule has 1 aliphatic carbocycles. The van der Waals surface area contributed by atoms with Gasteiger partial charge in [0.15, 0.2) is 0 Å². The van der Waals surface area contributed by atoms with Crippen molar-refractivity contribution in [2.24, 2.45) is 0 Å². The number of aryl methyl sites for hydroxylation is 1. The fourth-order valence-electron chi connectivity index (χ4n) is 2.02. The zero-order chi connectivity index (χ0) is 12.5. The summed E-state index contributed by atoms with van der Waals surface area (Å²) in [6, 6.07) is 8.50. The number of imidazole rings is 1. The third kappa shape index (κ3) is 2.57. The lowest BCUT2D eigenvalue weighted by Crippen LogP contribution is -2.16. The van der Waals surface area contributed by atoms with E-state index in [9.17, 15) is 0 Å². The first kappa shape index (κ1) is 11.8. The van der Waals surface area contributed by atoms with Gasteiger partial charge in [-0.05, 0) is 31.9 Å². The lowest BCUT2D eigenvalue weighted by atomic mass is 10.1. The predicted octanol–water partition coefficient (Wildman–Crippen LogP) is 3.29. The van der Waals surface area contributed by atoms with E-state index >= 15 is 0 Å². The molecule has 0 bridgehead atoms. The second-order valence-corrected chi connectivity index (χ2v) is 5.26. The van der Waals surface area contributed by atoms with Gasteiger partial charge in [-0.25, -0.2) is 4.98 Å². The summed E-state index contributed by atoms with van der Waals surface area (Å²) in [6.07, 6.45) is 2.59. The molecule has 1 aliphatic rings. The Morgan fingerprint density at radius 2 is 2.06 bits per heavy atom. The van der Waals surface area contributed by atoms with Crippen LogP contribution in [0.4, 0.5) is 0 Å². The number of hydrogen-bond acceptors (Lipinski definition) is 2. The summed E-state index contributed by atoms with van der Waals surface area (Å²) in [5, 5.41) is 4.21. The quantitative estimate of drug-likeness (QED) is 0.887. The summed E-state index contributed by atoms with van der Waals surface area (Å²) in [6.45, 7) is 2.87. The van der Waals surface area contributed by atoms with Crippen molar-refractivity contribution < 1.29 is 0 Å². The summed E-state index contributed by atoms with van der Waals surface area (Å²) in [4.78, 5) is 7.98. The predicted molar refractivity (Wildman–Crippen MR) is 73.6 cm³/mol. The second-order valence-electron chi connectivity index (χ2n) is 4.82. The van der Waals surface area contributed by atoms with Gasteiger partial charge in [-0.15, -0.1) is 0 Å². The van der Waals surface area contributed by atoms with Crippen LogP contribution in [0.2, 0.25) is 5.02 Å². The van der Waals surface area contributed by atoms with Gasteiger partial charge in [0.1, 0.15) is 5.82 Å². The minimum Gasteiger partial charge on any atom is -0.344 e. The van der Waals surface area contributed by atoms with E-state index in [-0.39, 0.29) is 0 Å². The van der Waals surface area contributed by atoms with Crippen LogP contribution in [0, 0.1) is 6.92 Å². The van der Waals surface area contributed by atoms with Crippen LogP contribution in [-0.2, 0) is 6.54 Å². The molecule has 0 radical (unpaired) electrons. The van der Waals surface area contributed by atoms with E-state index in [4.69, 9.17) is 11.6 Å². The minimum atomic E-state index is 0.703. The van der Waals surface area contributed by atoms with E-state index in [0.29, 0.717) is 6.04 Å². The Bertz CT molecular complexity index is 541. The number of H-pyrrole nitrogens is 1. The third-order valence-electron chi connectivity index (χ3n) is 3.19. The molecule has 1 saturated carbocycles. The van der Waals surface area contributed by atoms with Crippen LogP contribution in [0.3, 0.4) is 0 Å². The van der Waals surface area contributed by atoms with Crippen molar-refractivity contribution in [1.29, 1.82) is 0 Å². The normalized spacial score (nSPS) is 15.0. The molecule has 4 heteroatoms. The Kier molecular flexibility index (Phi) is 3.10. The van der Waals surface area contributed by atoms with Crippen LogP contribution in [0.1, 0.15) is 24.4 Å². The van der Waals surface area contributed by atoms with Crippen molar-refractivity contribution in [2.75, 3.05) is 0 Å². The number of hydrogen-bond donors (Lipinski definition) is 2. The number of aromatic nitrogens is 2.